The maximum Gasteiger partial charge on any atom is 0.214 e. The summed E-state index contributed by atoms with van der Waals surface area (Å²) in [5.74, 6) is 0.596. The molecule has 0 amide bonds. The van der Waals surface area contributed by atoms with Gasteiger partial charge in [-0.05, 0) is 6.26 Å². The van der Waals surface area contributed by atoms with Gasteiger partial charge < -0.3 is 4.74 Å². The van der Waals surface area contributed by atoms with Crippen LogP contribution in [0.5, 0.6) is 5.88 Å². The zero-order chi connectivity index (χ0) is 8.27. The van der Waals surface area contributed by atoms with Crippen molar-refractivity contribution in [1.82, 2.24) is 4.98 Å². The number of aromatic nitrogens is 1. The fraction of sp³-hybridized carbons (Fsp3) is 0.286. The quantitative estimate of drug-likeness (QED) is 0.668. The second-order valence-electron chi connectivity index (χ2n) is 1.86. The Bertz CT molecular complexity index is 254. The Balaban J connectivity index is 3.02. The molecule has 0 fully saturated rings. The first-order valence-electron chi connectivity index (χ1n) is 3.01. The van der Waals surface area contributed by atoms with Gasteiger partial charge in [0.05, 0.1) is 18.3 Å². The Labute approximate surface area is 74.9 Å². The van der Waals surface area contributed by atoms with E-state index in [1.54, 1.807) is 25.1 Å². The minimum atomic E-state index is 0.596. The highest BCUT2D eigenvalue weighted by Crippen LogP contribution is 2.26. The molecule has 0 spiro atoms. The minimum absolute atomic E-state index is 0.596. The molecule has 0 N–H and O–H groups in total. The van der Waals surface area contributed by atoms with E-state index in [-0.39, 0.29) is 0 Å². The van der Waals surface area contributed by atoms with Gasteiger partial charge in [0.25, 0.3) is 0 Å². The molecule has 0 unspecified atom stereocenters. The van der Waals surface area contributed by atoms with Gasteiger partial charge in [-0.1, -0.05) is 11.6 Å². The van der Waals surface area contributed by atoms with Crippen molar-refractivity contribution in [2.24, 2.45) is 0 Å². The number of thioether (sulfide) groups is 1. The smallest absolute Gasteiger partial charge is 0.214 e. The summed E-state index contributed by atoms with van der Waals surface area (Å²) in [4.78, 5) is 4.92. The number of halogens is 1. The van der Waals surface area contributed by atoms with E-state index in [2.05, 4.69) is 4.98 Å². The molecular formula is C7H8ClNOS. The summed E-state index contributed by atoms with van der Waals surface area (Å²) >= 11 is 7.39. The van der Waals surface area contributed by atoms with Crippen molar-refractivity contribution in [3.63, 3.8) is 0 Å². The van der Waals surface area contributed by atoms with E-state index in [1.807, 2.05) is 12.3 Å². The zero-order valence-electron chi connectivity index (χ0n) is 6.30. The second-order valence-corrected chi connectivity index (χ2v) is 3.12. The first-order valence-corrected chi connectivity index (χ1v) is 4.61. The van der Waals surface area contributed by atoms with Crippen LogP contribution >= 0.6 is 23.4 Å². The zero-order valence-corrected chi connectivity index (χ0v) is 7.87. The monoisotopic (exact) mass is 189 g/mol. The van der Waals surface area contributed by atoms with Gasteiger partial charge >= 0.3 is 0 Å². The van der Waals surface area contributed by atoms with Gasteiger partial charge in [0, 0.05) is 11.0 Å². The van der Waals surface area contributed by atoms with Crippen molar-refractivity contribution in [3.05, 3.63) is 17.3 Å². The van der Waals surface area contributed by atoms with E-state index in [0.717, 1.165) is 4.90 Å². The summed E-state index contributed by atoms with van der Waals surface area (Å²) < 4.78 is 4.93. The SMILES string of the molecule is COc1cc(SC)c(Cl)cn1. The molecule has 0 aliphatic carbocycles. The molecule has 0 radical (unpaired) electrons. The van der Waals surface area contributed by atoms with Crippen LogP contribution in [0.4, 0.5) is 0 Å². The molecule has 60 valence electrons. The molecule has 4 heteroatoms. The highest BCUT2D eigenvalue weighted by atomic mass is 35.5. The summed E-state index contributed by atoms with van der Waals surface area (Å²) in [7, 11) is 1.58. The van der Waals surface area contributed by atoms with Crippen LogP contribution in [0.15, 0.2) is 17.2 Å². The van der Waals surface area contributed by atoms with E-state index in [9.17, 15) is 0 Å². The number of pyridine rings is 1. The number of methoxy groups -OCH3 is 1. The summed E-state index contributed by atoms with van der Waals surface area (Å²) in [5, 5.41) is 0.665. The lowest BCUT2D eigenvalue weighted by atomic mass is 10.5. The van der Waals surface area contributed by atoms with Gasteiger partial charge in [0.1, 0.15) is 0 Å². The van der Waals surface area contributed by atoms with Crippen LogP contribution in [0.2, 0.25) is 5.02 Å². The number of nitrogens with zero attached hydrogens (tertiary/aromatic N) is 1. The van der Waals surface area contributed by atoms with Gasteiger partial charge in [-0.15, -0.1) is 11.8 Å². The lowest BCUT2D eigenvalue weighted by Crippen LogP contribution is -1.87. The van der Waals surface area contributed by atoms with Gasteiger partial charge in [0.15, 0.2) is 0 Å². The van der Waals surface area contributed by atoms with E-state index in [1.165, 1.54) is 0 Å². The molecule has 0 atom stereocenters. The Morgan fingerprint density at radius 2 is 2.36 bits per heavy atom. The average Bonchev–Trinajstić information content (AvgIpc) is 2.05. The maximum atomic E-state index is 5.81. The predicted octanol–water partition coefficient (Wildman–Crippen LogP) is 2.47. The van der Waals surface area contributed by atoms with E-state index in [0.29, 0.717) is 10.9 Å². The van der Waals surface area contributed by atoms with Crippen molar-refractivity contribution in [1.29, 1.82) is 0 Å². The number of hydrogen-bond donors (Lipinski definition) is 0. The van der Waals surface area contributed by atoms with Crippen molar-refractivity contribution in [2.75, 3.05) is 13.4 Å². The molecule has 0 aliphatic rings. The normalized spacial score (nSPS) is 9.73. The van der Waals surface area contributed by atoms with Gasteiger partial charge in [-0.2, -0.15) is 0 Å². The average molecular weight is 190 g/mol. The van der Waals surface area contributed by atoms with Crippen molar-refractivity contribution in [2.45, 2.75) is 4.90 Å². The molecule has 0 bridgehead atoms. The Morgan fingerprint density at radius 3 is 2.91 bits per heavy atom. The van der Waals surface area contributed by atoms with Gasteiger partial charge in [0.2, 0.25) is 5.88 Å². The molecule has 11 heavy (non-hydrogen) atoms. The summed E-state index contributed by atoms with van der Waals surface area (Å²) in [6.07, 6.45) is 3.55. The van der Waals surface area contributed by atoms with Crippen molar-refractivity contribution >= 4 is 23.4 Å². The molecule has 0 saturated carbocycles. The van der Waals surface area contributed by atoms with Crippen LogP contribution in [0.1, 0.15) is 0 Å². The topological polar surface area (TPSA) is 22.1 Å². The fourth-order valence-electron chi connectivity index (χ4n) is 0.670. The van der Waals surface area contributed by atoms with E-state index >= 15 is 0 Å². The van der Waals surface area contributed by atoms with Crippen LogP contribution in [-0.4, -0.2) is 18.3 Å². The highest BCUT2D eigenvalue weighted by molar-refractivity contribution is 7.98. The van der Waals surface area contributed by atoms with Crippen molar-refractivity contribution in [3.8, 4) is 5.88 Å². The fourth-order valence-corrected chi connectivity index (χ4v) is 1.47. The number of rotatable bonds is 2. The Kier molecular flexibility index (Phi) is 3.02. The van der Waals surface area contributed by atoms with Crippen molar-refractivity contribution < 1.29 is 4.74 Å². The summed E-state index contributed by atoms with van der Waals surface area (Å²) in [5.41, 5.74) is 0. The lowest BCUT2D eigenvalue weighted by molar-refractivity contribution is 0.396. The second kappa shape index (κ2) is 3.83. The molecular weight excluding hydrogens is 182 g/mol. The van der Waals surface area contributed by atoms with Crippen LogP contribution in [0.25, 0.3) is 0 Å². The molecule has 1 heterocycles. The number of hydrogen-bond acceptors (Lipinski definition) is 3. The Morgan fingerprint density at radius 1 is 1.64 bits per heavy atom. The van der Waals surface area contributed by atoms with Gasteiger partial charge in [-0.3, -0.25) is 0 Å². The third-order valence-corrected chi connectivity index (χ3v) is 2.41. The lowest BCUT2D eigenvalue weighted by Gasteiger charge is -2.01. The third kappa shape index (κ3) is 2.01. The molecule has 2 nitrogen and oxygen atoms in total. The van der Waals surface area contributed by atoms with Crippen LogP contribution in [0, 0.1) is 0 Å². The molecule has 0 aromatic carbocycles. The van der Waals surface area contributed by atoms with Crippen LogP contribution in [-0.2, 0) is 0 Å². The largest absolute Gasteiger partial charge is 0.481 e. The predicted molar refractivity (Wildman–Crippen MR) is 47.6 cm³/mol. The molecule has 1 aromatic heterocycles. The maximum absolute atomic E-state index is 5.81. The summed E-state index contributed by atoms with van der Waals surface area (Å²) in [6.45, 7) is 0. The summed E-state index contributed by atoms with van der Waals surface area (Å²) in [6, 6.07) is 1.81. The first-order chi connectivity index (χ1) is 5.27. The highest BCUT2D eigenvalue weighted by Gasteiger charge is 2.00. The van der Waals surface area contributed by atoms with Gasteiger partial charge in [-0.25, -0.2) is 4.98 Å². The standard InChI is InChI=1S/C7H8ClNOS/c1-10-7-3-6(11-2)5(8)4-9-7/h3-4H,1-2H3. The number of ether oxygens (including phenoxy) is 1. The van der Waals surface area contributed by atoms with E-state index in [4.69, 9.17) is 16.3 Å². The molecule has 0 saturated heterocycles. The molecule has 0 aliphatic heterocycles. The van der Waals surface area contributed by atoms with Crippen LogP contribution < -0.4 is 4.74 Å². The Hall–Kier alpha value is -0.410. The first kappa shape index (κ1) is 8.68. The molecule has 1 rings (SSSR count). The molecule has 1 aromatic rings. The van der Waals surface area contributed by atoms with E-state index < -0.39 is 0 Å². The van der Waals surface area contributed by atoms with Crippen LogP contribution in [0.3, 0.4) is 0 Å². The minimum Gasteiger partial charge on any atom is -0.481 e. The third-order valence-electron chi connectivity index (χ3n) is 1.22.